The maximum absolute atomic E-state index is 13.5. The minimum absolute atomic E-state index is 0.00436. The van der Waals surface area contributed by atoms with Gasteiger partial charge in [-0.3, -0.25) is 39.4 Å². The molecule has 0 saturated carbocycles. The second kappa shape index (κ2) is 15.5. The fourth-order valence-corrected chi connectivity index (χ4v) is 7.17. The molecule has 0 fully saturated rings. The lowest BCUT2D eigenvalue weighted by Gasteiger charge is -2.14. The summed E-state index contributed by atoms with van der Waals surface area (Å²) in [5, 5.41) is 27.4. The molecule has 0 radical (unpaired) electrons. The van der Waals surface area contributed by atoms with Crippen LogP contribution in [0.2, 0.25) is 0 Å². The Bertz CT molecular complexity index is 2490. The number of hydrogen-bond donors (Lipinski definition) is 2. The molecule has 55 heavy (non-hydrogen) atoms. The molecule has 0 atom stereocenters. The number of anilines is 3. The van der Waals surface area contributed by atoms with Crippen LogP contribution in [0.15, 0.2) is 159 Å². The van der Waals surface area contributed by atoms with Gasteiger partial charge >= 0.3 is 0 Å². The molecule has 13 nitrogen and oxygen atoms in total. The highest BCUT2D eigenvalue weighted by Gasteiger charge is 2.37. The van der Waals surface area contributed by atoms with Crippen molar-refractivity contribution in [2.75, 3.05) is 15.5 Å². The normalized spacial score (nSPS) is 11.9. The molecule has 6 aromatic rings. The molecule has 2 N–H and O–H groups in total. The first kappa shape index (κ1) is 36.3. The summed E-state index contributed by atoms with van der Waals surface area (Å²) in [4.78, 5) is 78.1. The average Bonchev–Trinajstić information content (AvgIpc) is 3.44. The van der Waals surface area contributed by atoms with E-state index in [4.69, 9.17) is 0 Å². The van der Waals surface area contributed by atoms with Gasteiger partial charge in [0.1, 0.15) is 0 Å². The van der Waals surface area contributed by atoms with E-state index >= 15 is 0 Å². The number of non-ortho nitro benzene ring substituents is 2. The molecule has 7 rings (SSSR count). The van der Waals surface area contributed by atoms with Crippen LogP contribution in [0.5, 0.6) is 0 Å². The fraction of sp³-hybridized carbons (Fsp3) is 0. The topological polar surface area (TPSA) is 182 Å². The molecule has 0 saturated heterocycles. The molecule has 6 aromatic carbocycles. The minimum Gasteiger partial charge on any atom is -0.322 e. The van der Waals surface area contributed by atoms with Crippen molar-refractivity contribution < 1.29 is 29.0 Å². The molecular weight excluding hydrogens is 743 g/mol. The molecule has 15 heteroatoms. The minimum atomic E-state index is -0.605. The van der Waals surface area contributed by atoms with E-state index < -0.39 is 33.5 Å². The number of hydrogen-bond acceptors (Lipinski definition) is 10. The zero-order valence-electron chi connectivity index (χ0n) is 28.2. The number of amides is 4. The van der Waals surface area contributed by atoms with Gasteiger partial charge in [0, 0.05) is 66.3 Å². The predicted molar refractivity (Wildman–Crippen MR) is 207 cm³/mol. The quantitative estimate of drug-likeness (QED) is 0.0733. The van der Waals surface area contributed by atoms with Gasteiger partial charge in [0.25, 0.3) is 35.0 Å². The third kappa shape index (κ3) is 8.12. The van der Waals surface area contributed by atoms with Gasteiger partial charge in [0.2, 0.25) is 0 Å². The number of benzene rings is 6. The van der Waals surface area contributed by atoms with E-state index in [1.807, 2.05) is 12.1 Å². The maximum atomic E-state index is 13.5. The monoisotopic (exact) mass is 767 g/mol. The molecule has 0 aromatic heterocycles. The molecule has 0 bridgehead atoms. The molecule has 0 unspecified atom stereocenters. The van der Waals surface area contributed by atoms with E-state index in [-0.39, 0.29) is 33.8 Å². The lowest BCUT2D eigenvalue weighted by molar-refractivity contribution is -0.385. The van der Waals surface area contributed by atoms with Crippen LogP contribution in [0.25, 0.3) is 0 Å². The Labute approximate surface area is 320 Å². The number of rotatable bonds is 11. The number of carbonyl (C=O) groups is 4. The standard InChI is InChI=1S/C40H25N5O8S2/c46-37(41-26-4-14-31(15-5-26)54-33-18-10-29(11-19-33)44(50)51)24-1-8-28(9-2-24)43-39(48)35-22-3-25(23-36(35)40(43)49)38(47)42-27-6-16-32(17-7-27)55-34-20-12-30(13-21-34)45(52)53/h1-23H,(H,41,46)(H,42,47). The Kier molecular flexibility index (Phi) is 10.2. The molecule has 0 spiro atoms. The van der Waals surface area contributed by atoms with Crippen molar-refractivity contribution in [1.29, 1.82) is 0 Å². The predicted octanol–water partition coefficient (Wildman–Crippen LogP) is 9.11. The first-order valence-corrected chi connectivity index (χ1v) is 18.0. The Morgan fingerprint density at radius 3 is 1.31 bits per heavy atom. The average molecular weight is 768 g/mol. The van der Waals surface area contributed by atoms with Crippen LogP contribution in [-0.2, 0) is 0 Å². The Morgan fingerprint density at radius 2 is 0.873 bits per heavy atom. The van der Waals surface area contributed by atoms with E-state index in [1.54, 1.807) is 60.7 Å². The van der Waals surface area contributed by atoms with Gasteiger partial charge in [0.05, 0.1) is 26.7 Å². The van der Waals surface area contributed by atoms with E-state index in [0.717, 1.165) is 24.5 Å². The molecule has 1 heterocycles. The van der Waals surface area contributed by atoms with Crippen LogP contribution in [0.3, 0.4) is 0 Å². The summed E-state index contributed by atoms with van der Waals surface area (Å²) in [6, 6.07) is 36.8. The van der Waals surface area contributed by atoms with Gasteiger partial charge in [-0.25, -0.2) is 4.90 Å². The first-order chi connectivity index (χ1) is 26.5. The second-order valence-electron chi connectivity index (χ2n) is 11.9. The molecule has 0 aliphatic carbocycles. The smallest absolute Gasteiger partial charge is 0.269 e. The number of fused-ring (bicyclic) bond motifs is 1. The summed E-state index contributed by atoms with van der Waals surface area (Å²) in [6.45, 7) is 0. The lowest BCUT2D eigenvalue weighted by Crippen LogP contribution is -2.29. The Morgan fingerprint density at radius 1 is 0.491 bits per heavy atom. The van der Waals surface area contributed by atoms with Crippen molar-refractivity contribution in [1.82, 2.24) is 0 Å². The van der Waals surface area contributed by atoms with E-state index in [1.165, 1.54) is 90.3 Å². The van der Waals surface area contributed by atoms with Crippen LogP contribution in [-0.4, -0.2) is 33.5 Å². The van der Waals surface area contributed by atoms with Gasteiger partial charge < -0.3 is 10.6 Å². The Balaban J connectivity index is 0.952. The molecule has 4 amide bonds. The summed E-state index contributed by atoms with van der Waals surface area (Å²) >= 11 is 2.82. The summed E-state index contributed by atoms with van der Waals surface area (Å²) in [7, 11) is 0. The number of nitrogens with zero attached hydrogens (tertiary/aromatic N) is 3. The third-order valence-electron chi connectivity index (χ3n) is 8.33. The zero-order valence-corrected chi connectivity index (χ0v) is 29.8. The highest BCUT2D eigenvalue weighted by atomic mass is 32.2. The van der Waals surface area contributed by atoms with Crippen molar-refractivity contribution in [3.63, 3.8) is 0 Å². The van der Waals surface area contributed by atoms with Crippen LogP contribution in [0.1, 0.15) is 41.4 Å². The summed E-state index contributed by atoms with van der Waals surface area (Å²) in [5.74, 6) is -2.05. The van der Waals surface area contributed by atoms with E-state index in [9.17, 15) is 39.4 Å². The molecule has 270 valence electrons. The van der Waals surface area contributed by atoms with Crippen LogP contribution < -0.4 is 15.5 Å². The number of imide groups is 1. The third-order valence-corrected chi connectivity index (χ3v) is 10.4. The second-order valence-corrected chi connectivity index (χ2v) is 14.2. The summed E-state index contributed by atoms with van der Waals surface area (Å²) in [6.07, 6.45) is 0. The van der Waals surface area contributed by atoms with Crippen molar-refractivity contribution in [3.05, 3.63) is 182 Å². The molecule has 1 aliphatic rings. The number of nitro groups is 2. The fourth-order valence-electron chi connectivity index (χ4n) is 5.54. The highest BCUT2D eigenvalue weighted by molar-refractivity contribution is 7.99. The molecule has 1 aliphatic heterocycles. The van der Waals surface area contributed by atoms with Crippen LogP contribution in [0, 0.1) is 20.2 Å². The number of nitrogens with one attached hydrogen (secondary N) is 2. The highest BCUT2D eigenvalue weighted by Crippen LogP contribution is 2.33. The van der Waals surface area contributed by atoms with E-state index in [2.05, 4.69) is 10.6 Å². The van der Waals surface area contributed by atoms with Gasteiger partial charge in [-0.05, 0) is 115 Å². The first-order valence-electron chi connectivity index (χ1n) is 16.3. The van der Waals surface area contributed by atoms with Crippen LogP contribution in [0.4, 0.5) is 28.4 Å². The summed E-state index contributed by atoms with van der Waals surface area (Å²) in [5.41, 5.74) is 2.00. The molecular formula is C40H25N5O8S2. The summed E-state index contributed by atoms with van der Waals surface area (Å²) < 4.78 is 0. The van der Waals surface area contributed by atoms with Crippen LogP contribution >= 0.6 is 23.5 Å². The van der Waals surface area contributed by atoms with Crippen molar-refractivity contribution in [2.45, 2.75) is 19.6 Å². The SMILES string of the molecule is O=C(Nc1ccc(Sc2ccc([N+](=O)[O-])cc2)cc1)c1ccc(N2C(=O)c3ccc(C(=O)Nc4ccc(Sc5ccc([N+](=O)[O-])cc5)cc4)cc3C2=O)cc1. The van der Waals surface area contributed by atoms with Gasteiger partial charge in [0.15, 0.2) is 0 Å². The lowest BCUT2D eigenvalue weighted by atomic mass is 10.1. The van der Waals surface area contributed by atoms with Crippen molar-refractivity contribution in [2.24, 2.45) is 0 Å². The van der Waals surface area contributed by atoms with Gasteiger partial charge in [-0.2, -0.15) is 0 Å². The number of nitro benzene ring substituents is 2. The van der Waals surface area contributed by atoms with Gasteiger partial charge in [-0.1, -0.05) is 23.5 Å². The van der Waals surface area contributed by atoms with Crippen molar-refractivity contribution in [3.8, 4) is 0 Å². The zero-order chi connectivity index (χ0) is 38.6. The van der Waals surface area contributed by atoms with Gasteiger partial charge in [-0.15, -0.1) is 0 Å². The Hall–Kier alpha value is -7.10. The van der Waals surface area contributed by atoms with Crippen molar-refractivity contribution >= 4 is 75.6 Å². The van der Waals surface area contributed by atoms with E-state index in [0.29, 0.717) is 16.9 Å². The number of carbonyl (C=O) groups excluding carboxylic acids is 4. The largest absolute Gasteiger partial charge is 0.322 e. The maximum Gasteiger partial charge on any atom is 0.269 e.